The lowest BCUT2D eigenvalue weighted by molar-refractivity contribution is 0.103. The highest BCUT2D eigenvalue weighted by Crippen LogP contribution is 2.21. The van der Waals surface area contributed by atoms with Crippen LogP contribution in [0.15, 0.2) is 42.5 Å². The number of hydrogen-bond acceptors (Lipinski definition) is 2. The minimum absolute atomic E-state index is 0.215. The first-order chi connectivity index (χ1) is 8.61. The molecule has 0 aliphatic carbocycles. The van der Waals surface area contributed by atoms with Gasteiger partial charge in [0.25, 0.3) is 0 Å². The number of methoxy groups -OCH3 is 1. The zero-order chi connectivity index (χ0) is 13.1. The number of aryl methyl sites for hydroxylation is 1. The van der Waals surface area contributed by atoms with E-state index in [0.29, 0.717) is 16.9 Å². The first-order valence-corrected chi connectivity index (χ1v) is 5.56. The lowest BCUT2D eigenvalue weighted by Gasteiger charge is -2.07. The lowest BCUT2D eigenvalue weighted by atomic mass is 10.0. The number of benzene rings is 2. The van der Waals surface area contributed by atoms with Crippen molar-refractivity contribution < 1.29 is 13.9 Å². The van der Waals surface area contributed by atoms with Crippen molar-refractivity contribution in [3.05, 3.63) is 65.0 Å². The van der Waals surface area contributed by atoms with Gasteiger partial charge in [-0.1, -0.05) is 24.3 Å². The van der Waals surface area contributed by atoms with Crippen LogP contribution >= 0.6 is 0 Å². The first kappa shape index (κ1) is 12.3. The van der Waals surface area contributed by atoms with E-state index in [-0.39, 0.29) is 5.78 Å². The zero-order valence-corrected chi connectivity index (χ0v) is 10.2. The van der Waals surface area contributed by atoms with Gasteiger partial charge >= 0.3 is 0 Å². The Balaban J connectivity index is 2.40. The Hall–Kier alpha value is -2.16. The van der Waals surface area contributed by atoms with E-state index in [1.54, 1.807) is 25.3 Å². The Bertz CT molecular complexity index is 591. The molecule has 0 amide bonds. The average Bonchev–Trinajstić information content (AvgIpc) is 2.38. The van der Waals surface area contributed by atoms with Gasteiger partial charge < -0.3 is 4.74 Å². The number of halogens is 1. The predicted molar refractivity (Wildman–Crippen MR) is 67.6 cm³/mol. The van der Waals surface area contributed by atoms with Gasteiger partial charge in [0.15, 0.2) is 5.78 Å². The van der Waals surface area contributed by atoms with Gasteiger partial charge in [0, 0.05) is 11.1 Å². The van der Waals surface area contributed by atoms with E-state index in [9.17, 15) is 9.18 Å². The predicted octanol–water partition coefficient (Wildman–Crippen LogP) is 3.37. The second kappa shape index (κ2) is 5.00. The standard InChI is InChI=1S/C15H13FO2/c1-10-6-7-12(9-14(10)18-2)15(17)11-4-3-5-13(16)8-11/h3-9H,1-2H3. The van der Waals surface area contributed by atoms with Crippen molar-refractivity contribution in [1.29, 1.82) is 0 Å². The molecule has 2 nitrogen and oxygen atoms in total. The average molecular weight is 244 g/mol. The molecular formula is C15H13FO2. The number of ether oxygens (including phenoxy) is 1. The molecule has 2 rings (SSSR count). The number of ketones is 1. The van der Waals surface area contributed by atoms with Crippen molar-refractivity contribution >= 4 is 5.78 Å². The Morgan fingerprint density at radius 1 is 1.11 bits per heavy atom. The van der Waals surface area contributed by atoms with Gasteiger partial charge in [-0.15, -0.1) is 0 Å². The minimum Gasteiger partial charge on any atom is -0.496 e. The fourth-order valence-electron chi connectivity index (χ4n) is 1.76. The molecule has 0 fully saturated rings. The molecule has 3 heteroatoms. The highest BCUT2D eigenvalue weighted by Gasteiger charge is 2.11. The maximum atomic E-state index is 13.1. The lowest BCUT2D eigenvalue weighted by Crippen LogP contribution is -2.02. The monoisotopic (exact) mass is 244 g/mol. The van der Waals surface area contributed by atoms with Crippen LogP contribution in [0.3, 0.4) is 0 Å². The molecule has 0 radical (unpaired) electrons. The molecule has 0 unspecified atom stereocenters. The van der Waals surface area contributed by atoms with Crippen LogP contribution in [-0.4, -0.2) is 12.9 Å². The molecule has 2 aromatic rings. The quantitative estimate of drug-likeness (QED) is 0.774. The van der Waals surface area contributed by atoms with Crippen LogP contribution in [0.1, 0.15) is 21.5 Å². The fraction of sp³-hybridized carbons (Fsp3) is 0.133. The van der Waals surface area contributed by atoms with Crippen LogP contribution in [0.25, 0.3) is 0 Å². The Morgan fingerprint density at radius 2 is 1.83 bits per heavy atom. The summed E-state index contributed by atoms with van der Waals surface area (Å²) in [6, 6.07) is 10.9. The number of carbonyl (C=O) groups is 1. The van der Waals surface area contributed by atoms with Gasteiger partial charge in [-0.25, -0.2) is 4.39 Å². The van der Waals surface area contributed by atoms with Gasteiger partial charge in [0.1, 0.15) is 11.6 Å². The summed E-state index contributed by atoms with van der Waals surface area (Å²) in [5.41, 5.74) is 1.78. The molecule has 0 heterocycles. The van der Waals surface area contributed by atoms with Crippen LogP contribution in [0.5, 0.6) is 5.75 Å². The van der Waals surface area contributed by atoms with Gasteiger partial charge in [-0.05, 0) is 30.7 Å². The largest absolute Gasteiger partial charge is 0.496 e. The van der Waals surface area contributed by atoms with E-state index in [1.165, 1.54) is 18.2 Å². The maximum absolute atomic E-state index is 13.1. The molecular weight excluding hydrogens is 231 g/mol. The maximum Gasteiger partial charge on any atom is 0.193 e. The SMILES string of the molecule is COc1cc(C(=O)c2cccc(F)c2)ccc1C. The smallest absolute Gasteiger partial charge is 0.193 e. The van der Waals surface area contributed by atoms with Crippen LogP contribution in [0, 0.1) is 12.7 Å². The summed E-state index contributed by atoms with van der Waals surface area (Å²) in [4.78, 5) is 12.2. The van der Waals surface area contributed by atoms with Crippen molar-refractivity contribution in [3.8, 4) is 5.75 Å². The van der Waals surface area contributed by atoms with E-state index in [0.717, 1.165) is 5.56 Å². The highest BCUT2D eigenvalue weighted by atomic mass is 19.1. The third-order valence-corrected chi connectivity index (χ3v) is 2.76. The van der Waals surface area contributed by atoms with E-state index in [1.807, 2.05) is 13.0 Å². The van der Waals surface area contributed by atoms with E-state index < -0.39 is 5.82 Å². The normalized spacial score (nSPS) is 10.2. The summed E-state index contributed by atoms with van der Waals surface area (Å²) in [5, 5.41) is 0. The third-order valence-electron chi connectivity index (χ3n) is 2.76. The summed E-state index contributed by atoms with van der Waals surface area (Å²) < 4.78 is 18.2. The third kappa shape index (κ3) is 2.40. The molecule has 0 aliphatic heterocycles. The van der Waals surface area contributed by atoms with Gasteiger partial charge in [-0.2, -0.15) is 0 Å². The molecule has 0 spiro atoms. The second-order valence-corrected chi connectivity index (χ2v) is 4.02. The van der Waals surface area contributed by atoms with Crippen molar-refractivity contribution in [2.45, 2.75) is 6.92 Å². The Morgan fingerprint density at radius 3 is 2.50 bits per heavy atom. The number of carbonyl (C=O) groups excluding carboxylic acids is 1. The minimum atomic E-state index is -0.417. The first-order valence-electron chi connectivity index (χ1n) is 5.56. The highest BCUT2D eigenvalue weighted by molar-refractivity contribution is 6.09. The number of rotatable bonds is 3. The van der Waals surface area contributed by atoms with Crippen LogP contribution in [0.4, 0.5) is 4.39 Å². The molecule has 0 aromatic heterocycles. The molecule has 0 N–H and O–H groups in total. The van der Waals surface area contributed by atoms with Crippen molar-refractivity contribution in [2.24, 2.45) is 0 Å². The summed E-state index contributed by atoms with van der Waals surface area (Å²) >= 11 is 0. The molecule has 0 aliphatic rings. The van der Waals surface area contributed by atoms with Crippen LogP contribution in [0.2, 0.25) is 0 Å². The molecule has 2 aromatic carbocycles. The fourth-order valence-corrected chi connectivity index (χ4v) is 1.76. The molecule has 0 saturated heterocycles. The van der Waals surface area contributed by atoms with Crippen molar-refractivity contribution in [2.75, 3.05) is 7.11 Å². The van der Waals surface area contributed by atoms with Gasteiger partial charge in [-0.3, -0.25) is 4.79 Å². The Kier molecular flexibility index (Phi) is 3.42. The zero-order valence-electron chi connectivity index (χ0n) is 10.2. The summed E-state index contributed by atoms with van der Waals surface area (Å²) in [7, 11) is 1.55. The molecule has 92 valence electrons. The van der Waals surface area contributed by atoms with Crippen LogP contribution < -0.4 is 4.74 Å². The molecule has 0 bridgehead atoms. The summed E-state index contributed by atoms with van der Waals surface area (Å²) in [5.74, 6) is 0.0185. The van der Waals surface area contributed by atoms with E-state index >= 15 is 0 Å². The van der Waals surface area contributed by atoms with Crippen molar-refractivity contribution in [3.63, 3.8) is 0 Å². The van der Waals surface area contributed by atoms with Crippen LogP contribution in [-0.2, 0) is 0 Å². The number of hydrogen-bond donors (Lipinski definition) is 0. The van der Waals surface area contributed by atoms with Gasteiger partial charge in [0.2, 0.25) is 0 Å². The van der Waals surface area contributed by atoms with E-state index in [4.69, 9.17) is 4.74 Å². The molecule has 18 heavy (non-hydrogen) atoms. The summed E-state index contributed by atoms with van der Waals surface area (Å²) in [6.07, 6.45) is 0. The van der Waals surface area contributed by atoms with Gasteiger partial charge in [0.05, 0.1) is 7.11 Å². The van der Waals surface area contributed by atoms with Crippen molar-refractivity contribution in [1.82, 2.24) is 0 Å². The van der Waals surface area contributed by atoms with E-state index in [2.05, 4.69) is 0 Å². The molecule has 0 saturated carbocycles. The molecule has 0 atom stereocenters. The Labute approximate surface area is 105 Å². The second-order valence-electron chi connectivity index (χ2n) is 4.02. The summed E-state index contributed by atoms with van der Waals surface area (Å²) in [6.45, 7) is 1.90. The topological polar surface area (TPSA) is 26.3 Å².